The summed E-state index contributed by atoms with van der Waals surface area (Å²) in [6, 6.07) is 32.6. The summed E-state index contributed by atoms with van der Waals surface area (Å²) in [5, 5.41) is 13.2. The molecule has 0 fully saturated rings. The van der Waals surface area contributed by atoms with Crippen LogP contribution < -0.4 is 0 Å². The van der Waals surface area contributed by atoms with Gasteiger partial charge in [-0.25, -0.2) is 0 Å². The molecule has 5 heteroatoms. The van der Waals surface area contributed by atoms with Crippen molar-refractivity contribution in [2.45, 2.75) is 71.6 Å². The number of rotatable bonds is 4. The fourth-order valence-electron chi connectivity index (χ4n) is 5.92. The SMILES string of the molecule is CC(C)(C)c1ccc2c(c1)c1cc(C(C)(C)C)c(-c3[c-]c(C(C)(C)c4ccccn4)ccc3)nc1n2-c1ccccc1O.[Pt]. The van der Waals surface area contributed by atoms with E-state index < -0.39 is 0 Å². The minimum absolute atomic E-state index is 0. The van der Waals surface area contributed by atoms with E-state index in [4.69, 9.17) is 4.98 Å². The first-order chi connectivity index (χ1) is 20.3. The molecule has 0 spiro atoms. The van der Waals surface area contributed by atoms with Crippen molar-refractivity contribution in [1.29, 1.82) is 0 Å². The zero-order valence-electron chi connectivity index (χ0n) is 26.8. The van der Waals surface area contributed by atoms with Crippen molar-refractivity contribution >= 4 is 21.9 Å². The molecule has 0 amide bonds. The first-order valence-electron chi connectivity index (χ1n) is 15.0. The van der Waals surface area contributed by atoms with Gasteiger partial charge in [-0.1, -0.05) is 91.3 Å². The van der Waals surface area contributed by atoms with Gasteiger partial charge < -0.3 is 5.11 Å². The third-order valence-electron chi connectivity index (χ3n) is 8.57. The molecule has 0 aliphatic rings. The summed E-state index contributed by atoms with van der Waals surface area (Å²) in [7, 11) is 0. The molecule has 0 atom stereocenters. The number of fused-ring (bicyclic) bond motifs is 3. The molecule has 4 nitrogen and oxygen atoms in total. The summed E-state index contributed by atoms with van der Waals surface area (Å²) in [6.07, 6.45) is 1.84. The van der Waals surface area contributed by atoms with Crippen molar-refractivity contribution in [3.8, 4) is 22.7 Å². The minimum atomic E-state index is -0.336. The first-order valence-corrected chi connectivity index (χ1v) is 15.0. The number of aromatic hydroxyl groups is 1. The fraction of sp³-hybridized carbons (Fsp3) is 0.282. The summed E-state index contributed by atoms with van der Waals surface area (Å²) < 4.78 is 2.10. The molecular weight excluding hydrogens is 722 g/mol. The Balaban J connectivity index is 0.00000384. The molecule has 0 saturated carbocycles. The summed E-state index contributed by atoms with van der Waals surface area (Å²) in [5.41, 5.74) is 8.33. The maximum atomic E-state index is 11.0. The predicted octanol–water partition coefficient (Wildman–Crippen LogP) is 9.66. The number of nitrogens with zero attached hydrogens (tertiary/aromatic N) is 3. The Labute approximate surface area is 275 Å². The molecule has 0 aliphatic heterocycles. The van der Waals surface area contributed by atoms with Gasteiger partial charge in [0, 0.05) is 49.1 Å². The molecular formula is C39H40N3OPt-. The molecule has 0 bridgehead atoms. The number of aromatic nitrogens is 3. The zero-order valence-corrected chi connectivity index (χ0v) is 29.0. The van der Waals surface area contributed by atoms with Gasteiger partial charge in [-0.15, -0.1) is 35.4 Å². The van der Waals surface area contributed by atoms with E-state index >= 15 is 0 Å². The summed E-state index contributed by atoms with van der Waals surface area (Å²) >= 11 is 0. The third kappa shape index (κ3) is 5.50. The minimum Gasteiger partial charge on any atom is -0.506 e. The second-order valence-electron chi connectivity index (χ2n) is 14.1. The van der Waals surface area contributed by atoms with Crippen LogP contribution in [0, 0.1) is 6.07 Å². The van der Waals surface area contributed by atoms with Crippen LogP contribution in [0.2, 0.25) is 0 Å². The average molecular weight is 762 g/mol. The molecule has 6 rings (SSSR count). The monoisotopic (exact) mass is 761 g/mol. The Kier molecular flexibility index (Phi) is 8.14. The van der Waals surface area contributed by atoms with Crippen LogP contribution in [0.1, 0.15) is 77.8 Å². The van der Waals surface area contributed by atoms with Crippen LogP contribution in [-0.4, -0.2) is 19.6 Å². The van der Waals surface area contributed by atoms with E-state index in [1.807, 2.05) is 36.5 Å². The number of phenolic OH excluding ortho intramolecular Hbond substituents is 1. The Morgan fingerprint density at radius 2 is 1.45 bits per heavy atom. The fourth-order valence-corrected chi connectivity index (χ4v) is 5.92. The van der Waals surface area contributed by atoms with Gasteiger partial charge in [-0.2, -0.15) is 0 Å². The number of para-hydroxylation sites is 2. The molecule has 6 aromatic rings. The van der Waals surface area contributed by atoms with Crippen molar-refractivity contribution in [3.63, 3.8) is 0 Å². The van der Waals surface area contributed by atoms with Gasteiger partial charge in [0.1, 0.15) is 11.4 Å². The molecule has 1 N–H and O–H groups in total. The molecule has 3 aromatic heterocycles. The second-order valence-corrected chi connectivity index (χ2v) is 14.1. The van der Waals surface area contributed by atoms with Crippen LogP contribution in [0.25, 0.3) is 38.9 Å². The van der Waals surface area contributed by atoms with Gasteiger partial charge in [0.2, 0.25) is 0 Å². The molecule has 0 aliphatic carbocycles. The summed E-state index contributed by atoms with van der Waals surface area (Å²) in [6.45, 7) is 17.8. The van der Waals surface area contributed by atoms with Crippen LogP contribution >= 0.6 is 0 Å². The third-order valence-corrected chi connectivity index (χ3v) is 8.57. The largest absolute Gasteiger partial charge is 0.506 e. The predicted molar refractivity (Wildman–Crippen MR) is 178 cm³/mol. The number of hydrogen-bond acceptors (Lipinski definition) is 3. The number of hydrogen-bond donors (Lipinski definition) is 1. The number of phenols is 1. The van der Waals surface area contributed by atoms with Crippen molar-refractivity contribution < 1.29 is 26.2 Å². The van der Waals surface area contributed by atoms with Gasteiger partial charge in [0.15, 0.2) is 0 Å². The van der Waals surface area contributed by atoms with E-state index in [-0.39, 0.29) is 43.1 Å². The maximum Gasteiger partial charge on any atom is 0.139 e. The van der Waals surface area contributed by atoms with Crippen LogP contribution in [-0.2, 0) is 37.3 Å². The molecule has 44 heavy (non-hydrogen) atoms. The topological polar surface area (TPSA) is 50.9 Å². The summed E-state index contributed by atoms with van der Waals surface area (Å²) in [4.78, 5) is 10.1. The van der Waals surface area contributed by atoms with Crippen molar-refractivity contribution in [2.75, 3.05) is 0 Å². The quantitative estimate of drug-likeness (QED) is 0.182. The first kappa shape index (κ1) is 31.7. The standard InChI is InChI=1S/C39H40N3O.Pt/c1-37(2,3)26-19-20-31-28(23-26)29-24-30(38(4,5)6)35(41-36(29)42(31)32-16-9-10-17-33(32)43)25-14-13-15-27(22-25)39(7,8)34-18-11-12-21-40-34;/h9-21,23-24,43H,1-8H3;/q-1;. The van der Waals surface area contributed by atoms with E-state index in [0.717, 1.165) is 50.0 Å². The van der Waals surface area contributed by atoms with Crippen molar-refractivity contribution in [1.82, 2.24) is 14.5 Å². The smallest absolute Gasteiger partial charge is 0.139 e. The Hall–Kier alpha value is -3.75. The molecule has 228 valence electrons. The van der Waals surface area contributed by atoms with E-state index in [0.29, 0.717) is 5.69 Å². The van der Waals surface area contributed by atoms with Crippen LogP contribution in [0.3, 0.4) is 0 Å². The van der Waals surface area contributed by atoms with E-state index in [2.05, 4.69) is 120 Å². The van der Waals surface area contributed by atoms with Gasteiger partial charge in [-0.3, -0.25) is 14.5 Å². The zero-order chi connectivity index (χ0) is 30.7. The van der Waals surface area contributed by atoms with Gasteiger partial charge in [0.05, 0.1) is 11.2 Å². The molecule has 0 saturated heterocycles. The van der Waals surface area contributed by atoms with Crippen molar-refractivity contribution in [2.24, 2.45) is 0 Å². The van der Waals surface area contributed by atoms with Crippen molar-refractivity contribution in [3.05, 3.63) is 120 Å². The van der Waals surface area contributed by atoms with Crippen LogP contribution in [0.5, 0.6) is 5.75 Å². The van der Waals surface area contributed by atoms with Gasteiger partial charge in [0.25, 0.3) is 0 Å². The van der Waals surface area contributed by atoms with Gasteiger partial charge >= 0.3 is 0 Å². The molecule has 3 aromatic carbocycles. The summed E-state index contributed by atoms with van der Waals surface area (Å²) in [5.74, 6) is 0.218. The Morgan fingerprint density at radius 1 is 0.727 bits per heavy atom. The molecule has 3 heterocycles. The van der Waals surface area contributed by atoms with E-state index in [1.165, 1.54) is 5.56 Å². The van der Waals surface area contributed by atoms with Crippen LogP contribution in [0.15, 0.2) is 91.1 Å². The van der Waals surface area contributed by atoms with E-state index in [1.54, 1.807) is 6.07 Å². The van der Waals surface area contributed by atoms with Gasteiger partial charge in [-0.05, 0) is 58.5 Å². The normalized spacial score (nSPS) is 12.5. The molecule has 0 radical (unpaired) electrons. The average Bonchev–Trinajstić information content (AvgIpc) is 3.29. The van der Waals surface area contributed by atoms with E-state index in [9.17, 15) is 5.11 Å². The Bertz CT molecular complexity index is 1980. The Morgan fingerprint density at radius 3 is 2.11 bits per heavy atom. The number of pyridine rings is 2. The molecule has 0 unspecified atom stereocenters. The second kappa shape index (κ2) is 11.3. The maximum absolute atomic E-state index is 11.0. The number of benzene rings is 3. The van der Waals surface area contributed by atoms with Crippen LogP contribution in [0.4, 0.5) is 0 Å².